The van der Waals surface area contributed by atoms with E-state index >= 15 is 0 Å². The second kappa shape index (κ2) is 11.8. The summed E-state index contributed by atoms with van der Waals surface area (Å²) in [6.07, 6.45) is -0.720. The van der Waals surface area contributed by atoms with Crippen molar-refractivity contribution in [3.05, 3.63) is 0 Å². The fraction of sp³-hybridized carbons (Fsp3) is 0.667. The van der Waals surface area contributed by atoms with Crippen molar-refractivity contribution in [1.82, 2.24) is 0 Å². The third-order valence-corrected chi connectivity index (χ3v) is 0.544. The molecule has 0 unspecified atom stereocenters. The lowest BCUT2D eigenvalue weighted by atomic mass is 10.9. The minimum atomic E-state index is -0.720. The van der Waals surface area contributed by atoms with E-state index in [1.807, 2.05) is 0 Å². The number of alkyl halides is 1. The maximum atomic E-state index is 10.1. The Morgan fingerprint density at radius 2 is 2.09 bits per heavy atom. The van der Waals surface area contributed by atoms with Crippen molar-refractivity contribution in [1.29, 1.82) is 5.26 Å². The Morgan fingerprint density at radius 3 is 2.36 bits per heavy atom. The molecule has 64 valence electrons. The summed E-state index contributed by atoms with van der Waals surface area (Å²) in [6, 6.07) is 1.60. The minimum absolute atomic E-state index is 0.154. The van der Waals surface area contributed by atoms with E-state index in [9.17, 15) is 4.79 Å². The number of hydrogen-bond acceptors (Lipinski definition) is 4. The summed E-state index contributed by atoms with van der Waals surface area (Å²) in [6.45, 7) is 3.44. The Morgan fingerprint density at radius 1 is 1.64 bits per heavy atom. The van der Waals surface area contributed by atoms with Crippen LogP contribution in [0.5, 0.6) is 0 Å². The van der Waals surface area contributed by atoms with Crippen molar-refractivity contribution in [3.63, 3.8) is 0 Å². The molecule has 11 heavy (non-hydrogen) atoms. The van der Waals surface area contributed by atoms with E-state index in [-0.39, 0.29) is 6.07 Å². The zero-order valence-electron chi connectivity index (χ0n) is 6.46. The summed E-state index contributed by atoms with van der Waals surface area (Å²) in [5.41, 5.74) is 0. The molecule has 5 heteroatoms. The fourth-order valence-corrected chi connectivity index (χ4v) is 0.293. The molecule has 0 aliphatic heterocycles. The number of hydrogen-bond donors (Lipinski definition) is 0. The Labute approximate surface area is 70.7 Å². The van der Waals surface area contributed by atoms with Crippen LogP contribution in [0.3, 0.4) is 0 Å². The van der Waals surface area contributed by atoms with Crippen LogP contribution in [0, 0.1) is 11.3 Å². The molecule has 0 spiro atoms. The number of nitriles is 1. The Balaban J connectivity index is 0. The van der Waals surface area contributed by atoms with Crippen LogP contribution in [0.1, 0.15) is 13.8 Å². The molecule has 0 aliphatic carbocycles. The van der Waals surface area contributed by atoms with Crippen LogP contribution >= 0.6 is 11.6 Å². The zero-order chi connectivity index (χ0) is 9.11. The molecule has 0 rings (SSSR count). The van der Waals surface area contributed by atoms with Gasteiger partial charge in [-0.2, -0.15) is 5.26 Å². The zero-order valence-corrected chi connectivity index (χ0v) is 7.22. The lowest BCUT2D eigenvalue weighted by molar-refractivity contribution is 0.0720. The van der Waals surface area contributed by atoms with E-state index in [1.165, 1.54) is 6.92 Å². The molecular weight excluding hydrogens is 170 g/mol. The highest BCUT2D eigenvalue weighted by molar-refractivity contribution is 6.17. The largest absolute Gasteiger partial charge is 0.509 e. The van der Waals surface area contributed by atoms with Crippen LogP contribution in [0.15, 0.2) is 0 Å². The molecule has 0 aromatic rings. The Bertz CT molecular complexity index is 124. The maximum Gasteiger partial charge on any atom is 0.509 e. The average Bonchev–Trinajstić information content (AvgIpc) is 1.90. The van der Waals surface area contributed by atoms with Crippen LogP contribution in [0.2, 0.25) is 0 Å². The van der Waals surface area contributed by atoms with Gasteiger partial charge >= 0.3 is 6.16 Å². The molecule has 0 atom stereocenters. The molecule has 0 heterocycles. The first-order valence-electron chi connectivity index (χ1n) is 2.89. The van der Waals surface area contributed by atoms with Gasteiger partial charge in [-0.3, -0.25) is 0 Å². The highest BCUT2D eigenvalue weighted by Gasteiger charge is 1.96. The number of carbonyl (C=O) groups excluding carboxylic acids is 1. The number of halogens is 1. The lowest BCUT2D eigenvalue weighted by Gasteiger charge is -1.97. The van der Waals surface area contributed by atoms with Crippen LogP contribution in [0.4, 0.5) is 4.79 Å². The van der Waals surface area contributed by atoms with Gasteiger partial charge in [0.1, 0.15) is 0 Å². The molecule has 0 fully saturated rings. The van der Waals surface area contributed by atoms with Crippen molar-refractivity contribution in [2.45, 2.75) is 13.8 Å². The molecule has 0 aromatic carbocycles. The van der Waals surface area contributed by atoms with Crippen molar-refractivity contribution in [3.8, 4) is 6.07 Å². The van der Waals surface area contributed by atoms with Gasteiger partial charge in [-0.1, -0.05) is 11.6 Å². The first kappa shape index (κ1) is 12.7. The quantitative estimate of drug-likeness (QED) is 0.480. The molecule has 4 nitrogen and oxygen atoms in total. The summed E-state index contributed by atoms with van der Waals surface area (Å²) >= 11 is 5.01. The van der Waals surface area contributed by atoms with E-state index in [1.54, 1.807) is 13.0 Å². The third kappa shape index (κ3) is 17.6. The molecular formula is C6H10ClNO3. The van der Waals surface area contributed by atoms with E-state index in [0.29, 0.717) is 6.61 Å². The lowest BCUT2D eigenvalue weighted by Crippen LogP contribution is -2.04. The molecule has 0 radical (unpaired) electrons. The third-order valence-electron chi connectivity index (χ3n) is 0.435. The van der Waals surface area contributed by atoms with E-state index in [2.05, 4.69) is 9.47 Å². The number of nitrogens with zero attached hydrogens (tertiary/aromatic N) is 1. The summed E-state index contributed by atoms with van der Waals surface area (Å²) in [7, 11) is 0. The first-order valence-corrected chi connectivity index (χ1v) is 3.42. The Kier molecular flexibility index (Phi) is 13.6. The number of ether oxygens (including phenoxy) is 2. The topological polar surface area (TPSA) is 59.3 Å². The van der Waals surface area contributed by atoms with E-state index in [4.69, 9.17) is 16.9 Å². The SMILES string of the molecule is CC#N.CCOC(=O)OCCl. The average molecular weight is 180 g/mol. The van der Waals surface area contributed by atoms with Gasteiger partial charge in [0.05, 0.1) is 12.7 Å². The highest BCUT2D eigenvalue weighted by Crippen LogP contribution is 1.85. The molecule has 0 N–H and O–H groups in total. The van der Waals surface area contributed by atoms with Crippen molar-refractivity contribution in [2.75, 3.05) is 12.7 Å². The van der Waals surface area contributed by atoms with Gasteiger partial charge < -0.3 is 9.47 Å². The smallest absolute Gasteiger partial charge is 0.435 e. The molecule has 0 saturated heterocycles. The molecule has 0 aromatic heterocycles. The molecule has 0 saturated carbocycles. The van der Waals surface area contributed by atoms with Crippen LogP contribution in [0.25, 0.3) is 0 Å². The van der Waals surface area contributed by atoms with Gasteiger partial charge in [0, 0.05) is 6.92 Å². The minimum Gasteiger partial charge on any atom is -0.435 e. The van der Waals surface area contributed by atoms with Crippen molar-refractivity contribution >= 4 is 17.8 Å². The highest BCUT2D eigenvalue weighted by atomic mass is 35.5. The van der Waals surface area contributed by atoms with Gasteiger partial charge in [0.25, 0.3) is 0 Å². The molecule has 0 bridgehead atoms. The maximum absolute atomic E-state index is 10.1. The monoisotopic (exact) mass is 179 g/mol. The summed E-state index contributed by atoms with van der Waals surface area (Å²) in [4.78, 5) is 10.1. The van der Waals surface area contributed by atoms with E-state index in [0.717, 1.165) is 0 Å². The first-order chi connectivity index (χ1) is 5.22. The normalized spacial score (nSPS) is 6.73. The predicted octanol–water partition coefficient (Wildman–Crippen LogP) is 1.89. The standard InChI is InChI=1S/C4H7ClO3.C2H3N/c1-2-7-4(6)8-3-5;1-2-3/h2-3H2,1H3;1H3. The van der Waals surface area contributed by atoms with Gasteiger partial charge in [-0.25, -0.2) is 4.79 Å². The van der Waals surface area contributed by atoms with Gasteiger partial charge in [-0.05, 0) is 6.92 Å². The predicted molar refractivity (Wildman–Crippen MR) is 40.1 cm³/mol. The Hall–Kier alpha value is -0.950. The summed E-state index contributed by atoms with van der Waals surface area (Å²) in [5, 5.41) is 7.32. The van der Waals surface area contributed by atoms with Crippen LogP contribution < -0.4 is 0 Å². The number of carbonyl (C=O) groups is 1. The molecule has 0 aliphatic rings. The van der Waals surface area contributed by atoms with Gasteiger partial charge in [-0.15, -0.1) is 0 Å². The van der Waals surface area contributed by atoms with E-state index < -0.39 is 6.16 Å². The second-order valence-electron chi connectivity index (χ2n) is 1.16. The summed E-state index contributed by atoms with van der Waals surface area (Å²) < 4.78 is 8.52. The fourth-order valence-electron chi connectivity index (χ4n) is 0.204. The van der Waals surface area contributed by atoms with Crippen LogP contribution in [-0.2, 0) is 9.47 Å². The summed E-state index contributed by atoms with van der Waals surface area (Å²) in [5.74, 6) is 0. The van der Waals surface area contributed by atoms with Gasteiger partial charge in [0.15, 0.2) is 6.07 Å². The van der Waals surface area contributed by atoms with Crippen molar-refractivity contribution < 1.29 is 14.3 Å². The number of rotatable bonds is 2. The second-order valence-corrected chi connectivity index (χ2v) is 1.38. The molecule has 0 amide bonds. The van der Waals surface area contributed by atoms with Gasteiger partial charge in [0.2, 0.25) is 0 Å². The van der Waals surface area contributed by atoms with Crippen molar-refractivity contribution in [2.24, 2.45) is 0 Å². The van der Waals surface area contributed by atoms with Crippen LogP contribution in [-0.4, -0.2) is 18.8 Å².